The summed E-state index contributed by atoms with van der Waals surface area (Å²) in [5, 5.41) is 4.31. The Hall–Kier alpha value is -1.33. The van der Waals surface area contributed by atoms with Crippen LogP contribution in [0.1, 0.15) is 0 Å². The molecule has 3 aromatic rings. The second-order valence-corrected chi connectivity index (χ2v) is 6.96. The molecule has 0 aliphatic carbocycles. The molecule has 0 atom stereocenters. The molecule has 0 saturated carbocycles. The Kier molecular flexibility index (Phi) is 16.7. The van der Waals surface area contributed by atoms with E-state index in [9.17, 15) is 0 Å². The van der Waals surface area contributed by atoms with E-state index in [4.69, 9.17) is 4.79 Å². The summed E-state index contributed by atoms with van der Waals surface area (Å²) in [5.41, 5.74) is 0. The Labute approximate surface area is 167 Å². The van der Waals surface area contributed by atoms with Gasteiger partial charge in [-0.15, -0.1) is 0 Å². The van der Waals surface area contributed by atoms with Crippen LogP contribution in [0.3, 0.4) is 0 Å². The third kappa shape index (κ3) is 8.06. The van der Waals surface area contributed by atoms with Crippen molar-refractivity contribution in [2.75, 3.05) is 0 Å². The predicted octanol–water partition coefficient (Wildman–Crippen LogP) is 4.22. The maximum absolute atomic E-state index is 7.75. The van der Waals surface area contributed by atoms with E-state index in [1.54, 1.807) is 17.3 Å². The van der Waals surface area contributed by atoms with Crippen molar-refractivity contribution < 1.29 is 22.1 Å². The number of hydrogen-bond donors (Lipinski definition) is 0. The molecular weight excluding hydrogens is 436 g/mol. The predicted molar refractivity (Wildman–Crippen MR) is 113 cm³/mol. The van der Waals surface area contributed by atoms with E-state index in [2.05, 4.69) is 107 Å². The molecule has 3 rings (SSSR count). The standard InChI is InChI=1S/C18H15P.CHO.2CH3.ClH.Ru.H/c1-4-10-16(11-5-1)19(17-12-6-2-7-13-17)18-14-8-3-9-15-18;1-2;;;;;/h1-15H;1H;2*1H3;1H;;/q;3*-1;;+1;. The van der Waals surface area contributed by atoms with Gasteiger partial charge in [-0.05, 0) is 36.4 Å². The van der Waals surface area contributed by atoms with E-state index in [0.29, 0.717) is 0 Å². The van der Waals surface area contributed by atoms with Crippen molar-refractivity contribution >= 4 is 40.3 Å². The van der Waals surface area contributed by atoms with Crippen molar-refractivity contribution in [1.29, 1.82) is 0 Å². The normalized spacial score (nSPS) is 8.48. The summed E-state index contributed by atoms with van der Waals surface area (Å²) >= 11 is 1.62. The number of halogens is 1. The zero-order valence-corrected chi connectivity index (χ0v) is 18.0. The molecule has 0 fully saturated rings. The van der Waals surface area contributed by atoms with E-state index >= 15 is 0 Å². The van der Waals surface area contributed by atoms with Gasteiger partial charge < -0.3 is 19.6 Å². The van der Waals surface area contributed by atoms with E-state index in [1.807, 2.05) is 0 Å². The van der Waals surface area contributed by atoms with Crippen LogP contribution in [0.4, 0.5) is 0 Å². The van der Waals surface area contributed by atoms with Crippen LogP contribution >= 0.6 is 17.6 Å². The first-order chi connectivity index (χ1) is 11.4. The van der Waals surface area contributed by atoms with Gasteiger partial charge in [0.1, 0.15) is 15.9 Å². The first-order valence-corrected chi connectivity index (χ1v) is 10.8. The third-order valence-corrected chi connectivity index (χ3v) is 5.92. The van der Waals surface area contributed by atoms with E-state index in [0.717, 1.165) is 0 Å². The Bertz CT molecular complexity index is 557. The fraction of sp³-hybridized carbons (Fsp3) is 0. The molecular formula is C21H24ClOPRu-2. The first kappa shape index (κ1) is 25.9. The summed E-state index contributed by atoms with van der Waals surface area (Å²) < 4.78 is 0. The molecule has 0 unspecified atom stereocenters. The summed E-state index contributed by atoms with van der Waals surface area (Å²) in [6, 6.07) is 32.5. The second-order valence-electron chi connectivity index (χ2n) is 4.47. The molecule has 1 nitrogen and oxygen atoms in total. The van der Waals surface area contributed by atoms with Crippen LogP contribution in [-0.4, -0.2) is 6.79 Å². The molecule has 0 spiro atoms. The van der Waals surface area contributed by atoms with Gasteiger partial charge in [-0.2, -0.15) is 0 Å². The van der Waals surface area contributed by atoms with Crippen molar-refractivity contribution in [1.82, 2.24) is 0 Å². The minimum atomic E-state index is -0.877. The Morgan fingerprint density at radius 1 is 0.560 bits per heavy atom. The van der Waals surface area contributed by atoms with E-state index in [-0.39, 0.29) is 14.9 Å². The topological polar surface area (TPSA) is 17.1 Å². The fourth-order valence-electron chi connectivity index (χ4n) is 2.31. The van der Waals surface area contributed by atoms with Gasteiger partial charge in [0.15, 0.2) is 0 Å². The zero-order chi connectivity index (χ0) is 16.9. The van der Waals surface area contributed by atoms with Crippen molar-refractivity contribution in [3.63, 3.8) is 0 Å². The van der Waals surface area contributed by atoms with E-state index in [1.165, 1.54) is 15.9 Å². The molecule has 25 heavy (non-hydrogen) atoms. The van der Waals surface area contributed by atoms with Gasteiger partial charge in [0.05, 0.1) is 7.92 Å². The number of rotatable bonds is 3. The Morgan fingerprint density at radius 2 is 0.760 bits per heavy atom. The Balaban J connectivity index is 0. The molecule has 0 aliphatic heterocycles. The van der Waals surface area contributed by atoms with Gasteiger partial charge in [-0.3, -0.25) is 6.79 Å². The second kappa shape index (κ2) is 16.2. The minimum absolute atomic E-state index is 0. The van der Waals surface area contributed by atoms with Gasteiger partial charge in [0.25, 0.3) is 0 Å². The van der Waals surface area contributed by atoms with Crippen LogP contribution in [0, 0.1) is 14.9 Å². The third-order valence-electron chi connectivity index (χ3n) is 3.19. The maximum Gasteiger partial charge on any atom is 0.102 e. The van der Waals surface area contributed by atoms with Gasteiger partial charge in [-0.1, -0.05) is 54.6 Å². The van der Waals surface area contributed by atoms with Gasteiger partial charge in [0.2, 0.25) is 0 Å². The number of hydrogen-bond acceptors (Lipinski definition) is 1. The molecule has 3 aromatic carbocycles. The average molecular weight is 460 g/mol. The summed E-state index contributed by atoms with van der Waals surface area (Å²) in [5.74, 6) is 0. The molecule has 0 aromatic heterocycles. The number of benzene rings is 3. The summed E-state index contributed by atoms with van der Waals surface area (Å²) in [6.45, 7) is 3.25. The fourth-order valence-corrected chi connectivity index (χ4v) is 4.89. The molecule has 0 radical (unpaired) electrons. The smallest absolute Gasteiger partial charge is 0.0620 e. The first-order valence-electron chi connectivity index (χ1n) is 6.86. The largest absolute Gasteiger partial charge is 0.102 e. The van der Waals surface area contributed by atoms with Crippen LogP contribution < -0.4 is 15.9 Å². The monoisotopic (exact) mass is 460 g/mol. The van der Waals surface area contributed by atoms with Crippen LogP contribution in [0.15, 0.2) is 91.0 Å². The summed E-state index contributed by atoms with van der Waals surface area (Å²) in [6.07, 6.45) is 0. The zero-order valence-electron chi connectivity index (χ0n) is 14.4. The molecule has 0 heterocycles. The molecule has 0 bridgehead atoms. The van der Waals surface area contributed by atoms with Crippen LogP contribution in [0.2, 0.25) is 0 Å². The molecule has 0 amide bonds. The quantitative estimate of drug-likeness (QED) is 0.248. The summed E-state index contributed by atoms with van der Waals surface area (Å²) in [7, 11) is 3.73. The maximum atomic E-state index is 7.75. The minimum Gasteiger partial charge on any atom is -0.0620 e. The van der Waals surface area contributed by atoms with Crippen molar-refractivity contribution in [3.05, 3.63) is 106 Å². The van der Waals surface area contributed by atoms with Crippen molar-refractivity contribution in [2.24, 2.45) is 0 Å². The van der Waals surface area contributed by atoms with Crippen LogP contribution in [0.25, 0.3) is 0 Å². The van der Waals surface area contributed by atoms with Gasteiger partial charge in [-0.25, -0.2) is 0 Å². The van der Waals surface area contributed by atoms with Crippen molar-refractivity contribution in [3.8, 4) is 0 Å². The summed E-state index contributed by atoms with van der Waals surface area (Å²) in [4.78, 5) is 7.75. The molecule has 0 saturated heterocycles. The van der Waals surface area contributed by atoms with Gasteiger partial charge in [0, 0.05) is 0 Å². The van der Waals surface area contributed by atoms with Crippen LogP contribution in [-0.2, 0) is 22.1 Å². The molecule has 4 heteroatoms. The SMILES string of the molecule is [CH-]=O.[CH3-].[CH3-].[Cl][RuH].c1ccc([PH+](c2ccccc2)c2ccccc2)cc1. The van der Waals surface area contributed by atoms with Gasteiger partial charge >= 0.3 is 27.0 Å². The van der Waals surface area contributed by atoms with Crippen LogP contribution in [0.5, 0.6) is 0 Å². The van der Waals surface area contributed by atoms with Crippen molar-refractivity contribution in [2.45, 2.75) is 0 Å². The average Bonchev–Trinajstić information content (AvgIpc) is 2.68. The molecule has 136 valence electrons. The Morgan fingerprint density at radius 3 is 0.960 bits per heavy atom. The van der Waals surface area contributed by atoms with E-state index < -0.39 is 7.92 Å². The molecule has 0 aliphatic rings. The number of carbonyl (C=O) groups excluding carboxylic acids is 1. The molecule has 0 N–H and O–H groups in total.